The summed E-state index contributed by atoms with van der Waals surface area (Å²) in [6.07, 6.45) is 4.04. The van der Waals surface area contributed by atoms with E-state index in [0.717, 1.165) is 55.6 Å². The molecule has 2 atom stereocenters. The van der Waals surface area contributed by atoms with E-state index in [2.05, 4.69) is 6.07 Å². The normalized spacial score (nSPS) is 18.2. The van der Waals surface area contributed by atoms with Gasteiger partial charge in [0.05, 0.1) is 39.3 Å². The third-order valence-corrected chi connectivity index (χ3v) is 9.71. The van der Waals surface area contributed by atoms with Crippen LogP contribution >= 0.6 is 23.2 Å². The Labute approximate surface area is 296 Å². The van der Waals surface area contributed by atoms with E-state index in [1.54, 1.807) is 21.1 Å². The number of hydrogen-bond donors (Lipinski definition) is 1. The molecule has 0 spiro atoms. The summed E-state index contributed by atoms with van der Waals surface area (Å²) in [4.78, 5) is 23.5. The number of hydrogen-bond acceptors (Lipinski definition) is 9. The lowest BCUT2D eigenvalue weighted by Gasteiger charge is -2.37. The van der Waals surface area contributed by atoms with Crippen LogP contribution in [0.4, 0.5) is 0 Å². The zero-order valence-electron chi connectivity index (χ0n) is 29.1. The van der Waals surface area contributed by atoms with Crippen molar-refractivity contribution in [3.63, 3.8) is 0 Å². The standard InChI is InChI=1S/C19H27ClO4.C18H26ClNO4/c1-4-24-18(21)9-14(2)15-10-16(12-17(20)11-15)19(13-22-3)5-7-23-8-6-19;1-3-24-17(21)11-16(20)13-8-14(10-15(19)9-13)18(12-22-2)4-6-23-7-5-18/h10-12,14H,4-9,13H2,1-3H3;8-10,16H,3-7,11-12,20H2,1-2H3. The van der Waals surface area contributed by atoms with E-state index < -0.39 is 6.04 Å². The lowest BCUT2D eigenvalue weighted by Crippen LogP contribution is -2.38. The van der Waals surface area contributed by atoms with Gasteiger partial charge in [0.25, 0.3) is 0 Å². The molecule has 9 nitrogen and oxygen atoms in total. The number of rotatable bonds is 14. The topological polar surface area (TPSA) is 116 Å². The van der Waals surface area contributed by atoms with Gasteiger partial charge in [0.15, 0.2) is 0 Å². The van der Waals surface area contributed by atoms with E-state index in [4.69, 9.17) is 57.4 Å². The Morgan fingerprint density at radius 3 is 1.58 bits per heavy atom. The molecule has 2 aliphatic rings. The molecular formula is C37H53Cl2NO8. The smallest absolute Gasteiger partial charge is 0.307 e. The summed E-state index contributed by atoms with van der Waals surface area (Å²) < 4.78 is 32.1. The van der Waals surface area contributed by atoms with E-state index in [-0.39, 0.29) is 35.1 Å². The van der Waals surface area contributed by atoms with Crippen LogP contribution in [0, 0.1) is 0 Å². The van der Waals surface area contributed by atoms with Gasteiger partial charge >= 0.3 is 11.9 Å². The molecule has 2 N–H and O–H groups in total. The van der Waals surface area contributed by atoms with Gasteiger partial charge in [-0.25, -0.2) is 0 Å². The fourth-order valence-electron chi connectivity index (χ4n) is 6.55. The minimum atomic E-state index is -0.444. The molecule has 0 amide bonds. The number of halogens is 2. The number of carbonyl (C=O) groups excluding carboxylic acids is 2. The van der Waals surface area contributed by atoms with E-state index in [1.807, 2.05) is 44.2 Å². The van der Waals surface area contributed by atoms with Crippen molar-refractivity contribution >= 4 is 35.1 Å². The summed E-state index contributed by atoms with van der Waals surface area (Å²) in [6, 6.07) is 11.5. The molecule has 2 fully saturated rings. The first-order chi connectivity index (χ1) is 23.0. The average Bonchev–Trinajstić information content (AvgIpc) is 3.06. The number of nitrogens with two attached hydrogens (primary N) is 1. The van der Waals surface area contributed by atoms with Gasteiger partial charge in [0.2, 0.25) is 0 Å². The van der Waals surface area contributed by atoms with Gasteiger partial charge in [0, 0.05) is 67.6 Å². The SMILES string of the molecule is CCOC(=O)CC(C)c1cc(Cl)cc(C2(COC)CCOCC2)c1.CCOC(=O)CC(N)c1cc(Cl)cc(C2(COC)CCOCC2)c1. The molecule has 0 aliphatic carbocycles. The third kappa shape index (κ3) is 11.4. The Kier molecular flexibility index (Phi) is 16.6. The zero-order chi connectivity index (χ0) is 35.2. The van der Waals surface area contributed by atoms with E-state index >= 15 is 0 Å². The average molecular weight is 711 g/mol. The molecule has 0 radical (unpaired) electrons. The molecular weight excluding hydrogens is 657 g/mol. The van der Waals surface area contributed by atoms with Crippen molar-refractivity contribution in [2.45, 2.75) is 82.1 Å². The molecule has 268 valence electrons. The molecule has 48 heavy (non-hydrogen) atoms. The van der Waals surface area contributed by atoms with Crippen molar-refractivity contribution < 1.29 is 38.0 Å². The van der Waals surface area contributed by atoms with Crippen molar-refractivity contribution in [3.05, 3.63) is 68.7 Å². The second-order valence-corrected chi connectivity index (χ2v) is 13.6. The van der Waals surface area contributed by atoms with Crippen LogP contribution in [0.1, 0.15) is 93.5 Å². The molecule has 11 heteroatoms. The Hall–Kier alpha value is -2.24. The predicted octanol–water partition coefficient (Wildman–Crippen LogP) is 7.08. The van der Waals surface area contributed by atoms with Gasteiger partial charge in [-0.1, -0.05) is 42.3 Å². The minimum Gasteiger partial charge on any atom is -0.466 e. The fraction of sp³-hybridized carbons (Fsp3) is 0.622. The second kappa shape index (κ2) is 19.8. The molecule has 2 aromatic carbocycles. The van der Waals surface area contributed by atoms with Crippen molar-refractivity contribution in [3.8, 4) is 0 Å². The molecule has 0 aromatic heterocycles. The lowest BCUT2D eigenvalue weighted by molar-refractivity contribution is -0.144. The van der Waals surface area contributed by atoms with Gasteiger partial charge < -0.3 is 34.2 Å². The second-order valence-electron chi connectivity index (χ2n) is 12.7. The van der Waals surface area contributed by atoms with Crippen LogP contribution < -0.4 is 5.73 Å². The van der Waals surface area contributed by atoms with Crippen LogP contribution in [0.25, 0.3) is 0 Å². The molecule has 2 aliphatic heterocycles. The first kappa shape index (κ1) is 40.2. The van der Waals surface area contributed by atoms with Crippen molar-refractivity contribution in [1.82, 2.24) is 0 Å². The fourth-order valence-corrected chi connectivity index (χ4v) is 7.04. The van der Waals surface area contributed by atoms with Crippen molar-refractivity contribution in [2.24, 2.45) is 5.73 Å². The largest absolute Gasteiger partial charge is 0.466 e. The Morgan fingerprint density at radius 1 is 0.729 bits per heavy atom. The van der Waals surface area contributed by atoms with Crippen LogP contribution in [0.15, 0.2) is 36.4 Å². The minimum absolute atomic E-state index is 0.0564. The van der Waals surface area contributed by atoms with E-state index in [9.17, 15) is 9.59 Å². The highest BCUT2D eigenvalue weighted by atomic mass is 35.5. The van der Waals surface area contributed by atoms with E-state index in [0.29, 0.717) is 56.1 Å². The molecule has 2 aromatic rings. The highest BCUT2D eigenvalue weighted by molar-refractivity contribution is 6.31. The Bertz CT molecular complexity index is 1200. The number of esters is 2. The number of methoxy groups -OCH3 is 2. The molecule has 0 bridgehead atoms. The summed E-state index contributed by atoms with van der Waals surface area (Å²) in [5, 5.41) is 1.31. The predicted molar refractivity (Wildman–Crippen MR) is 188 cm³/mol. The molecule has 0 saturated carbocycles. The summed E-state index contributed by atoms with van der Waals surface area (Å²) in [6.45, 7) is 10.5. The summed E-state index contributed by atoms with van der Waals surface area (Å²) in [5.74, 6) is -0.422. The third-order valence-electron chi connectivity index (χ3n) is 9.27. The highest BCUT2D eigenvalue weighted by Crippen LogP contribution is 2.39. The van der Waals surface area contributed by atoms with Crippen molar-refractivity contribution in [2.75, 3.05) is 67.1 Å². The lowest BCUT2D eigenvalue weighted by atomic mass is 9.74. The van der Waals surface area contributed by atoms with Crippen LogP contribution in [0.5, 0.6) is 0 Å². The van der Waals surface area contributed by atoms with Gasteiger partial charge in [-0.05, 0) is 92.0 Å². The Balaban J connectivity index is 0.000000260. The number of benzene rings is 2. The van der Waals surface area contributed by atoms with Crippen LogP contribution in [-0.4, -0.2) is 79.0 Å². The first-order valence-electron chi connectivity index (χ1n) is 16.8. The Morgan fingerprint density at radius 2 is 1.15 bits per heavy atom. The monoisotopic (exact) mass is 709 g/mol. The molecule has 2 unspecified atom stereocenters. The van der Waals surface area contributed by atoms with Gasteiger partial charge in [0.1, 0.15) is 0 Å². The van der Waals surface area contributed by atoms with Gasteiger partial charge in [-0.3, -0.25) is 9.59 Å². The zero-order valence-corrected chi connectivity index (χ0v) is 30.6. The quantitative estimate of drug-likeness (QED) is 0.206. The molecule has 2 heterocycles. The van der Waals surface area contributed by atoms with Gasteiger partial charge in [-0.15, -0.1) is 0 Å². The van der Waals surface area contributed by atoms with Crippen LogP contribution in [0.3, 0.4) is 0 Å². The van der Waals surface area contributed by atoms with Gasteiger partial charge in [-0.2, -0.15) is 0 Å². The van der Waals surface area contributed by atoms with E-state index in [1.165, 1.54) is 5.56 Å². The molecule has 4 rings (SSSR count). The maximum atomic E-state index is 11.8. The van der Waals surface area contributed by atoms with Crippen molar-refractivity contribution in [1.29, 1.82) is 0 Å². The number of ether oxygens (including phenoxy) is 6. The van der Waals surface area contributed by atoms with Crippen LogP contribution in [0.2, 0.25) is 10.0 Å². The summed E-state index contributed by atoms with van der Waals surface area (Å²) in [5.41, 5.74) is 10.2. The molecule has 2 saturated heterocycles. The maximum Gasteiger partial charge on any atom is 0.307 e. The van der Waals surface area contributed by atoms with Crippen LogP contribution in [-0.2, 0) is 48.8 Å². The summed E-state index contributed by atoms with van der Waals surface area (Å²) in [7, 11) is 3.43. The maximum absolute atomic E-state index is 11.8. The first-order valence-corrected chi connectivity index (χ1v) is 17.6. The highest BCUT2D eigenvalue weighted by Gasteiger charge is 2.36. The summed E-state index contributed by atoms with van der Waals surface area (Å²) >= 11 is 12.7. The number of carbonyl (C=O) groups is 2.